The molecular weight excluding hydrogens is 383 g/mol. The number of aromatic nitrogens is 2. The molecule has 3 aromatic rings. The maximum atomic E-state index is 12.8. The van der Waals surface area contributed by atoms with Crippen LogP contribution in [0.1, 0.15) is 28.1 Å². The second-order valence-electron chi connectivity index (χ2n) is 6.38. The first kappa shape index (κ1) is 20.4. The molecule has 3 rings (SSSR count). The van der Waals surface area contributed by atoms with E-state index >= 15 is 0 Å². The van der Waals surface area contributed by atoms with Crippen molar-refractivity contribution in [2.75, 3.05) is 6.61 Å². The van der Waals surface area contributed by atoms with Crippen LogP contribution in [0.15, 0.2) is 48.5 Å². The molecule has 0 fully saturated rings. The molecule has 0 atom stereocenters. The Hall–Kier alpha value is -3.31. The van der Waals surface area contributed by atoms with E-state index in [4.69, 9.17) is 9.84 Å². The van der Waals surface area contributed by atoms with Crippen molar-refractivity contribution in [2.45, 2.75) is 26.1 Å². The fraction of sp³-hybridized carbons (Fsp3) is 0.238. The number of aliphatic hydroxyl groups is 1. The highest BCUT2D eigenvalue weighted by molar-refractivity contribution is 5.44. The molecule has 0 aliphatic rings. The number of alkyl halides is 3. The minimum atomic E-state index is -4.43. The van der Waals surface area contributed by atoms with Gasteiger partial charge in [-0.15, -0.1) is 0 Å². The lowest BCUT2D eigenvalue weighted by Gasteiger charge is -2.12. The maximum Gasteiger partial charge on any atom is 0.416 e. The van der Waals surface area contributed by atoms with Crippen molar-refractivity contribution in [3.8, 4) is 17.5 Å². The van der Waals surface area contributed by atoms with Crippen LogP contribution in [-0.2, 0) is 19.2 Å². The molecule has 5 nitrogen and oxygen atoms in total. The van der Waals surface area contributed by atoms with Gasteiger partial charge in [-0.3, -0.25) is 0 Å². The maximum absolute atomic E-state index is 12.8. The van der Waals surface area contributed by atoms with Crippen molar-refractivity contribution < 1.29 is 23.0 Å². The van der Waals surface area contributed by atoms with Gasteiger partial charge in [-0.05, 0) is 55.3 Å². The molecule has 0 saturated carbocycles. The molecule has 0 radical (unpaired) electrons. The van der Waals surface area contributed by atoms with Crippen LogP contribution in [-0.4, -0.2) is 21.5 Å². The standard InChI is InChI=1S/C21H18F3N3O2/c1-14-19(12-25)20(13-29-18-8-2-15(3-9-18)10-11-28)27(26-14)17-6-4-16(5-7-17)21(22,23)24/h2-9,28H,10-11,13H2,1H3. The number of hydrogen-bond donors (Lipinski definition) is 1. The van der Waals surface area contributed by atoms with Crippen LogP contribution in [0.25, 0.3) is 5.69 Å². The summed E-state index contributed by atoms with van der Waals surface area (Å²) in [6.45, 7) is 1.73. The summed E-state index contributed by atoms with van der Waals surface area (Å²) in [6.07, 6.45) is -3.89. The van der Waals surface area contributed by atoms with Crippen molar-refractivity contribution >= 4 is 0 Å². The Balaban J connectivity index is 1.87. The van der Waals surface area contributed by atoms with Gasteiger partial charge >= 0.3 is 6.18 Å². The summed E-state index contributed by atoms with van der Waals surface area (Å²) in [5.41, 5.74) is 1.84. The van der Waals surface area contributed by atoms with Gasteiger partial charge < -0.3 is 9.84 Å². The van der Waals surface area contributed by atoms with E-state index in [0.29, 0.717) is 34.8 Å². The Morgan fingerprint density at radius 2 is 1.76 bits per heavy atom. The number of halogens is 3. The monoisotopic (exact) mass is 401 g/mol. The Bertz CT molecular complexity index is 1020. The third-order valence-corrected chi connectivity index (χ3v) is 4.41. The number of hydrogen-bond acceptors (Lipinski definition) is 4. The average molecular weight is 401 g/mol. The van der Waals surface area contributed by atoms with Crippen LogP contribution in [0.5, 0.6) is 5.75 Å². The van der Waals surface area contributed by atoms with E-state index in [1.54, 1.807) is 19.1 Å². The van der Waals surface area contributed by atoms with E-state index in [2.05, 4.69) is 11.2 Å². The first-order valence-electron chi connectivity index (χ1n) is 8.82. The van der Waals surface area contributed by atoms with E-state index in [0.717, 1.165) is 17.7 Å². The zero-order chi connectivity index (χ0) is 21.0. The normalized spacial score (nSPS) is 11.3. The summed E-state index contributed by atoms with van der Waals surface area (Å²) in [4.78, 5) is 0. The number of aryl methyl sites for hydroxylation is 1. The Morgan fingerprint density at radius 3 is 2.31 bits per heavy atom. The summed E-state index contributed by atoms with van der Waals surface area (Å²) in [6, 6.07) is 13.8. The quantitative estimate of drug-likeness (QED) is 0.673. The number of aliphatic hydroxyl groups excluding tert-OH is 1. The SMILES string of the molecule is Cc1nn(-c2ccc(C(F)(F)F)cc2)c(COc2ccc(CCO)cc2)c1C#N. The van der Waals surface area contributed by atoms with Gasteiger partial charge in [0.15, 0.2) is 0 Å². The molecule has 2 aromatic carbocycles. The average Bonchev–Trinajstić information content (AvgIpc) is 3.02. The highest BCUT2D eigenvalue weighted by Crippen LogP contribution is 2.30. The third kappa shape index (κ3) is 4.58. The van der Waals surface area contributed by atoms with Gasteiger partial charge in [0.1, 0.15) is 24.0 Å². The van der Waals surface area contributed by atoms with Crippen molar-refractivity contribution in [3.05, 3.63) is 76.6 Å². The van der Waals surface area contributed by atoms with Gasteiger partial charge in [0.25, 0.3) is 0 Å². The van der Waals surface area contributed by atoms with E-state index in [9.17, 15) is 18.4 Å². The first-order chi connectivity index (χ1) is 13.8. The topological polar surface area (TPSA) is 71.1 Å². The van der Waals surface area contributed by atoms with Crippen LogP contribution < -0.4 is 4.74 Å². The van der Waals surface area contributed by atoms with E-state index in [-0.39, 0.29) is 13.2 Å². The molecule has 0 aliphatic heterocycles. The number of nitriles is 1. The number of rotatable bonds is 6. The van der Waals surface area contributed by atoms with Crippen LogP contribution in [0.3, 0.4) is 0 Å². The Morgan fingerprint density at radius 1 is 1.10 bits per heavy atom. The summed E-state index contributed by atoms with van der Waals surface area (Å²) in [5, 5.41) is 22.7. The lowest BCUT2D eigenvalue weighted by molar-refractivity contribution is -0.137. The molecule has 29 heavy (non-hydrogen) atoms. The van der Waals surface area contributed by atoms with Crippen molar-refractivity contribution in [1.82, 2.24) is 9.78 Å². The van der Waals surface area contributed by atoms with Gasteiger partial charge in [-0.25, -0.2) is 4.68 Å². The lowest BCUT2D eigenvalue weighted by atomic mass is 10.1. The number of nitrogens with zero attached hydrogens (tertiary/aromatic N) is 3. The Labute approximate surface area is 165 Å². The molecule has 0 spiro atoms. The highest BCUT2D eigenvalue weighted by atomic mass is 19.4. The minimum Gasteiger partial charge on any atom is -0.487 e. The predicted molar refractivity (Wildman–Crippen MR) is 99.6 cm³/mol. The molecule has 8 heteroatoms. The van der Waals surface area contributed by atoms with Crippen molar-refractivity contribution in [2.24, 2.45) is 0 Å². The predicted octanol–water partition coefficient (Wildman–Crippen LogP) is 4.19. The molecule has 1 aromatic heterocycles. The summed E-state index contributed by atoms with van der Waals surface area (Å²) < 4.78 is 45.6. The molecule has 0 amide bonds. The summed E-state index contributed by atoms with van der Waals surface area (Å²) >= 11 is 0. The summed E-state index contributed by atoms with van der Waals surface area (Å²) in [7, 11) is 0. The second kappa shape index (κ2) is 8.37. The van der Waals surface area contributed by atoms with Gasteiger partial charge in [-0.2, -0.15) is 23.5 Å². The number of benzene rings is 2. The van der Waals surface area contributed by atoms with Crippen LogP contribution in [0.4, 0.5) is 13.2 Å². The van der Waals surface area contributed by atoms with Crippen molar-refractivity contribution in [1.29, 1.82) is 5.26 Å². The smallest absolute Gasteiger partial charge is 0.416 e. The van der Waals surface area contributed by atoms with E-state index < -0.39 is 11.7 Å². The molecule has 0 unspecified atom stereocenters. The van der Waals surface area contributed by atoms with Crippen LogP contribution in [0.2, 0.25) is 0 Å². The zero-order valence-corrected chi connectivity index (χ0v) is 15.6. The molecule has 0 aliphatic carbocycles. The second-order valence-corrected chi connectivity index (χ2v) is 6.38. The highest BCUT2D eigenvalue weighted by Gasteiger charge is 2.30. The van der Waals surface area contributed by atoms with E-state index in [1.807, 2.05) is 12.1 Å². The molecule has 0 saturated heterocycles. The molecule has 0 bridgehead atoms. The molecule has 1 N–H and O–H groups in total. The molecule has 1 heterocycles. The molecular formula is C21H18F3N3O2. The summed E-state index contributed by atoms with van der Waals surface area (Å²) in [5.74, 6) is 0.563. The number of ether oxygens (including phenoxy) is 1. The lowest BCUT2D eigenvalue weighted by Crippen LogP contribution is -2.09. The van der Waals surface area contributed by atoms with E-state index in [1.165, 1.54) is 16.8 Å². The van der Waals surface area contributed by atoms with Crippen LogP contribution in [0, 0.1) is 18.3 Å². The van der Waals surface area contributed by atoms with Gasteiger partial charge in [-0.1, -0.05) is 12.1 Å². The largest absolute Gasteiger partial charge is 0.487 e. The van der Waals surface area contributed by atoms with Gasteiger partial charge in [0, 0.05) is 6.61 Å². The van der Waals surface area contributed by atoms with Crippen molar-refractivity contribution in [3.63, 3.8) is 0 Å². The first-order valence-corrected chi connectivity index (χ1v) is 8.82. The minimum absolute atomic E-state index is 0.0180. The van der Waals surface area contributed by atoms with Crippen LogP contribution >= 0.6 is 0 Å². The molecule has 150 valence electrons. The third-order valence-electron chi connectivity index (χ3n) is 4.41. The Kier molecular flexibility index (Phi) is 5.89. The fourth-order valence-corrected chi connectivity index (χ4v) is 2.89. The zero-order valence-electron chi connectivity index (χ0n) is 15.6. The van der Waals surface area contributed by atoms with Gasteiger partial charge in [0.2, 0.25) is 0 Å². The van der Waals surface area contributed by atoms with Gasteiger partial charge in [0.05, 0.1) is 22.6 Å². The fourth-order valence-electron chi connectivity index (χ4n) is 2.89.